The van der Waals surface area contributed by atoms with Crippen LogP contribution >= 0.6 is 11.6 Å². The van der Waals surface area contributed by atoms with Gasteiger partial charge in [0.1, 0.15) is 5.75 Å². The van der Waals surface area contributed by atoms with E-state index >= 15 is 0 Å². The van der Waals surface area contributed by atoms with E-state index in [1.165, 1.54) is 0 Å². The van der Waals surface area contributed by atoms with Gasteiger partial charge in [0, 0.05) is 18.1 Å². The van der Waals surface area contributed by atoms with Gasteiger partial charge in [0.05, 0.1) is 25.5 Å². The third-order valence-electron chi connectivity index (χ3n) is 3.11. The van der Waals surface area contributed by atoms with E-state index in [0.717, 1.165) is 30.9 Å². The van der Waals surface area contributed by atoms with Crippen molar-refractivity contribution in [3.63, 3.8) is 0 Å². The molecule has 1 saturated heterocycles. The summed E-state index contributed by atoms with van der Waals surface area (Å²) in [5.41, 5.74) is 6.60. The van der Waals surface area contributed by atoms with Gasteiger partial charge in [-0.05, 0) is 31.2 Å². The van der Waals surface area contributed by atoms with Crippen molar-refractivity contribution in [2.75, 3.05) is 38.3 Å². The van der Waals surface area contributed by atoms with Crippen LogP contribution in [0.3, 0.4) is 0 Å². The van der Waals surface area contributed by atoms with Crippen LogP contribution < -0.4 is 15.4 Å². The Hall–Kier alpha value is -0.970. The average molecular weight is 271 g/mol. The first-order valence-electron chi connectivity index (χ1n) is 6.14. The summed E-state index contributed by atoms with van der Waals surface area (Å²) >= 11 is 6.06. The molecule has 0 aliphatic carbocycles. The Morgan fingerprint density at radius 2 is 2.39 bits per heavy atom. The lowest BCUT2D eigenvalue weighted by Gasteiger charge is -2.35. The van der Waals surface area contributed by atoms with Crippen molar-refractivity contribution in [1.82, 2.24) is 0 Å². The normalized spacial score (nSPS) is 19.9. The van der Waals surface area contributed by atoms with E-state index in [0.29, 0.717) is 18.2 Å². The molecule has 4 nitrogen and oxygen atoms in total. The number of benzene rings is 1. The Balaban J connectivity index is 2.17. The minimum Gasteiger partial charge on any atom is -0.495 e. The minimum absolute atomic E-state index is 0.187. The van der Waals surface area contributed by atoms with Crippen LogP contribution in [0.2, 0.25) is 5.02 Å². The van der Waals surface area contributed by atoms with Gasteiger partial charge in [0.2, 0.25) is 0 Å². The number of methoxy groups -OCH3 is 1. The van der Waals surface area contributed by atoms with Crippen LogP contribution in [-0.4, -0.2) is 39.5 Å². The highest BCUT2D eigenvalue weighted by Gasteiger charge is 2.22. The number of nitrogens with two attached hydrogens (primary N) is 1. The van der Waals surface area contributed by atoms with Gasteiger partial charge in [-0.15, -0.1) is 0 Å². The highest BCUT2D eigenvalue weighted by atomic mass is 35.5. The Morgan fingerprint density at radius 1 is 1.56 bits per heavy atom. The van der Waals surface area contributed by atoms with Gasteiger partial charge in [-0.2, -0.15) is 0 Å². The first kappa shape index (κ1) is 13.5. The molecule has 1 aliphatic heterocycles. The van der Waals surface area contributed by atoms with Gasteiger partial charge in [-0.3, -0.25) is 0 Å². The molecule has 5 heteroatoms. The molecule has 1 atom stereocenters. The van der Waals surface area contributed by atoms with Crippen molar-refractivity contribution in [2.24, 2.45) is 5.73 Å². The first-order valence-corrected chi connectivity index (χ1v) is 6.52. The van der Waals surface area contributed by atoms with Gasteiger partial charge in [0.25, 0.3) is 0 Å². The molecule has 1 fully saturated rings. The van der Waals surface area contributed by atoms with Crippen molar-refractivity contribution < 1.29 is 9.47 Å². The summed E-state index contributed by atoms with van der Waals surface area (Å²) in [4.78, 5) is 2.24. The number of hydrogen-bond donors (Lipinski definition) is 1. The standard InChI is InChI=1S/C13H19ClN2O2/c1-17-13-3-2-10(14)8-12(13)16-6-7-18-11(9-16)4-5-15/h2-3,8,11H,4-7,9,15H2,1H3. The number of halogens is 1. The molecule has 1 heterocycles. The monoisotopic (exact) mass is 270 g/mol. The van der Waals surface area contributed by atoms with E-state index < -0.39 is 0 Å². The van der Waals surface area contributed by atoms with Crippen LogP contribution in [0.4, 0.5) is 5.69 Å². The molecule has 0 bridgehead atoms. The first-order chi connectivity index (χ1) is 8.74. The predicted octanol–water partition coefficient (Wildman–Crippen LogP) is 1.90. The van der Waals surface area contributed by atoms with Crippen LogP contribution in [0.25, 0.3) is 0 Å². The van der Waals surface area contributed by atoms with Crippen molar-refractivity contribution in [3.05, 3.63) is 23.2 Å². The van der Waals surface area contributed by atoms with Gasteiger partial charge in [0.15, 0.2) is 0 Å². The largest absolute Gasteiger partial charge is 0.495 e. The van der Waals surface area contributed by atoms with E-state index in [4.69, 9.17) is 26.8 Å². The number of rotatable bonds is 4. The molecule has 0 aromatic heterocycles. The maximum Gasteiger partial charge on any atom is 0.142 e. The van der Waals surface area contributed by atoms with Crippen molar-refractivity contribution in [2.45, 2.75) is 12.5 Å². The molecule has 0 spiro atoms. The summed E-state index contributed by atoms with van der Waals surface area (Å²) in [5.74, 6) is 0.841. The molecule has 0 amide bonds. The SMILES string of the molecule is COc1ccc(Cl)cc1N1CCOC(CCN)C1. The molecule has 2 rings (SSSR count). The second-order valence-corrected chi connectivity index (χ2v) is 4.77. The molecular weight excluding hydrogens is 252 g/mol. The Morgan fingerprint density at radius 3 is 3.11 bits per heavy atom. The zero-order chi connectivity index (χ0) is 13.0. The van der Waals surface area contributed by atoms with E-state index in [9.17, 15) is 0 Å². The molecule has 0 saturated carbocycles. The smallest absolute Gasteiger partial charge is 0.142 e. The fourth-order valence-corrected chi connectivity index (χ4v) is 2.38. The summed E-state index contributed by atoms with van der Waals surface area (Å²) in [5, 5.41) is 0.715. The van der Waals surface area contributed by atoms with Crippen molar-refractivity contribution in [3.8, 4) is 5.75 Å². The Bertz CT molecular complexity index is 399. The van der Waals surface area contributed by atoms with E-state index in [-0.39, 0.29) is 6.10 Å². The number of nitrogens with zero attached hydrogens (tertiary/aromatic N) is 1. The third-order valence-corrected chi connectivity index (χ3v) is 3.34. The summed E-state index contributed by atoms with van der Waals surface area (Å²) in [6, 6.07) is 5.66. The second-order valence-electron chi connectivity index (χ2n) is 4.33. The van der Waals surface area contributed by atoms with Gasteiger partial charge < -0.3 is 20.1 Å². The fourth-order valence-electron chi connectivity index (χ4n) is 2.21. The van der Waals surface area contributed by atoms with Crippen LogP contribution in [0, 0.1) is 0 Å². The lowest BCUT2D eigenvalue weighted by atomic mass is 10.1. The zero-order valence-electron chi connectivity index (χ0n) is 10.6. The van der Waals surface area contributed by atoms with Gasteiger partial charge in [-0.25, -0.2) is 0 Å². The Kier molecular flexibility index (Phi) is 4.69. The predicted molar refractivity (Wildman–Crippen MR) is 73.6 cm³/mol. The fraction of sp³-hybridized carbons (Fsp3) is 0.538. The lowest BCUT2D eigenvalue weighted by molar-refractivity contribution is 0.0367. The van der Waals surface area contributed by atoms with Crippen LogP contribution in [0.1, 0.15) is 6.42 Å². The molecule has 18 heavy (non-hydrogen) atoms. The van der Waals surface area contributed by atoms with E-state index in [1.54, 1.807) is 7.11 Å². The molecule has 0 radical (unpaired) electrons. The maximum absolute atomic E-state index is 6.06. The highest BCUT2D eigenvalue weighted by Crippen LogP contribution is 2.32. The maximum atomic E-state index is 6.06. The number of anilines is 1. The summed E-state index contributed by atoms with van der Waals surface area (Å²) in [6.45, 7) is 3.02. The van der Waals surface area contributed by atoms with E-state index in [1.807, 2.05) is 18.2 Å². The molecule has 100 valence electrons. The lowest BCUT2D eigenvalue weighted by Crippen LogP contribution is -2.43. The zero-order valence-corrected chi connectivity index (χ0v) is 11.3. The van der Waals surface area contributed by atoms with Gasteiger partial charge >= 0.3 is 0 Å². The second kappa shape index (κ2) is 6.27. The van der Waals surface area contributed by atoms with Crippen molar-refractivity contribution in [1.29, 1.82) is 0 Å². The third kappa shape index (κ3) is 3.07. The molecular formula is C13H19ClN2O2. The van der Waals surface area contributed by atoms with Crippen LogP contribution in [0.5, 0.6) is 5.75 Å². The molecule has 1 aliphatic rings. The Labute approximate surface area is 113 Å². The van der Waals surface area contributed by atoms with Crippen LogP contribution in [0.15, 0.2) is 18.2 Å². The average Bonchev–Trinajstić information content (AvgIpc) is 2.39. The molecule has 1 aromatic carbocycles. The van der Waals surface area contributed by atoms with Crippen LogP contribution in [-0.2, 0) is 4.74 Å². The summed E-state index contributed by atoms with van der Waals surface area (Å²) in [7, 11) is 1.67. The molecule has 1 unspecified atom stereocenters. The minimum atomic E-state index is 0.187. The van der Waals surface area contributed by atoms with Gasteiger partial charge in [-0.1, -0.05) is 11.6 Å². The topological polar surface area (TPSA) is 47.7 Å². The number of morpholine rings is 1. The molecule has 1 aromatic rings. The summed E-state index contributed by atoms with van der Waals surface area (Å²) in [6.07, 6.45) is 1.06. The van der Waals surface area contributed by atoms with Crippen molar-refractivity contribution >= 4 is 17.3 Å². The quantitative estimate of drug-likeness (QED) is 0.908. The highest BCUT2D eigenvalue weighted by molar-refractivity contribution is 6.30. The molecule has 2 N–H and O–H groups in total. The summed E-state index contributed by atoms with van der Waals surface area (Å²) < 4.78 is 11.1. The number of hydrogen-bond acceptors (Lipinski definition) is 4. The number of ether oxygens (including phenoxy) is 2. The van der Waals surface area contributed by atoms with E-state index in [2.05, 4.69) is 4.90 Å².